The average molecular weight is 441 g/mol. The first-order chi connectivity index (χ1) is 15.9. The molecule has 0 saturated carbocycles. The van der Waals surface area contributed by atoms with Crippen molar-refractivity contribution in [1.29, 1.82) is 0 Å². The molecule has 1 atom stereocenters. The number of nitrogens with one attached hydrogen (secondary N) is 2. The van der Waals surface area contributed by atoms with Crippen molar-refractivity contribution in [2.45, 2.75) is 18.9 Å². The number of carbonyl (C=O) groups is 4. The third kappa shape index (κ3) is 4.52. The van der Waals surface area contributed by atoms with Crippen molar-refractivity contribution in [2.24, 2.45) is 0 Å². The highest BCUT2D eigenvalue weighted by Gasteiger charge is 2.52. The van der Waals surface area contributed by atoms with E-state index in [2.05, 4.69) is 10.6 Å². The van der Waals surface area contributed by atoms with E-state index in [0.717, 1.165) is 10.5 Å². The van der Waals surface area contributed by atoms with Gasteiger partial charge in [0.25, 0.3) is 5.91 Å². The fourth-order valence-corrected chi connectivity index (χ4v) is 3.94. The summed E-state index contributed by atoms with van der Waals surface area (Å²) in [5.74, 6) is -1.08. The van der Waals surface area contributed by atoms with Crippen LogP contribution in [-0.2, 0) is 21.5 Å². The highest BCUT2D eigenvalue weighted by molar-refractivity contribution is 6.10. The number of hydrogen-bond donors (Lipinski definition) is 2. The van der Waals surface area contributed by atoms with Gasteiger partial charge in [-0.25, -0.2) is 4.79 Å². The van der Waals surface area contributed by atoms with Crippen LogP contribution < -0.4 is 10.6 Å². The van der Waals surface area contributed by atoms with E-state index in [-0.39, 0.29) is 12.2 Å². The molecule has 33 heavy (non-hydrogen) atoms. The summed E-state index contributed by atoms with van der Waals surface area (Å²) in [6, 6.07) is 24.2. The van der Waals surface area contributed by atoms with Crippen LogP contribution in [0.3, 0.4) is 0 Å². The smallest absolute Gasteiger partial charge is 0.325 e. The van der Waals surface area contributed by atoms with Crippen molar-refractivity contribution >= 4 is 29.3 Å². The molecule has 3 aromatic rings. The predicted molar refractivity (Wildman–Crippen MR) is 124 cm³/mol. The Hall–Kier alpha value is -4.26. The van der Waals surface area contributed by atoms with Crippen molar-refractivity contribution in [1.82, 2.24) is 10.2 Å². The predicted octanol–water partition coefficient (Wildman–Crippen LogP) is 3.52. The Morgan fingerprint density at radius 3 is 2.09 bits per heavy atom. The first-order valence-corrected chi connectivity index (χ1v) is 10.5. The Bertz CT molecular complexity index is 1190. The van der Waals surface area contributed by atoms with E-state index in [1.165, 1.54) is 6.92 Å². The lowest BCUT2D eigenvalue weighted by Crippen LogP contribution is -2.46. The van der Waals surface area contributed by atoms with E-state index in [4.69, 9.17) is 0 Å². The van der Waals surface area contributed by atoms with Crippen LogP contribution in [0.25, 0.3) is 0 Å². The molecule has 0 radical (unpaired) electrons. The summed E-state index contributed by atoms with van der Waals surface area (Å²) in [6.45, 7) is 1.03. The van der Waals surface area contributed by atoms with E-state index in [1.54, 1.807) is 36.4 Å². The molecular formula is C26H23N3O4. The zero-order chi connectivity index (χ0) is 23.4. The lowest BCUT2D eigenvalue weighted by molar-refractivity contribution is -0.134. The largest absolute Gasteiger partial charge is 0.325 e. The second-order valence-electron chi connectivity index (χ2n) is 7.94. The standard InChI is InChI=1S/C26H23N3O4/c1-18(30)20-12-14-22(15-13-20)27-23(31)17-29-24(32)26(28-25(29)33,21-10-6-3-7-11-21)16-19-8-4-2-5-9-19/h2-15H,16-17H2,1H3,(H,27,31)(H,28,33)/t26-/m0/s1. The van der Waals surface area contributed by atoms with Crippen molar-refractivity contribution in [3.05, 3.63) is 102 Å². The number of ketones is 1. The minimum atomic E-state index is -1.30. The first-order valence-electron chi connectivity index (χ1n) is 10.5. The van der Waals surface area contributed by atoms with Crippen LogP contribution in [-0.4, -0.2) is 35.1 Å². The molecule has 4 rings (SSSR count). The second kappa shape index (κ2) is 9.08. The Labute approximate surface area is 191 Å². The molecule has 1 saturated heterocycles. The number of carbonyl (C=O) groups excluding carboxylic acids is 4. The van der Waals surface area contributed by atoms with Crippen LogP contribution >= 0.6 is 0 Å². The van der Waals surface area contributed by atoms with Gasteiger partial charge in [-0.05, 0) is 42.3 Å². The highest BCUT2D eigenvalue weighted by atomic mass is 16.2. The number of Topliss-reactive ketones (excluding diaryl/α,β-unsaturated/α-hetero) is 1. The van der Waals surface area contributed by atoms with E-state index >= 15 is 0 Å². The summed E-state index contributed by atoms with van der Waals surface area (Å²) >= 11 is 0. The number of urea groups is 1. The Morgan fingerprint density at radius 2 is 1.48 bits per heavy atom. The summed E-state index contributed by atoms with van der Waals surface area (Å²) in [6.07, 6.45) is 0.257. The van der Waals surface area contributed by atoms with Crippen LogP contribution in [0.4, 0.5) is 10.5 Å². The molecule has 2 N–H and O–H groups in total. The number of anilines is 1. The van der Waals surface area contributed by atoms with Crippen LogP contribution in [0.5, 0.6) is 0 Å². The Morgan fingerprint density at radius 1 is 0.879 bits per heavy atom. The van der Waals surface area contributed by atoms with Crippen molar-refractivity contribution < 1.29 is 19.2 Å². The van der Waals surface area contributed by atoms with Crippen molar-refractivity contribution in [3.63, 3.8) is 0 Å². The van der Waals surface area contributed by atoms with E-state index < -0.39 is 29.9 Å². The zero-order valence-electron chi connectivity index (χ0n) is 18.1. The molecule has 1 aliphatic heterocycles. The maximum atomic E-state index is 13.6. The minimum absolute atomic E-state index is 0.0807. The zero-order valence-corrected chi connectivity index (χ0v) is 18.1. The molecule has 0 bridgehead atoms. The summed E-state index contributed by atoms with van der Waals surface area (Å²) in [5, 5.41) is 5.51. The molecule has 1 fully saturated rings. The summed E-state index contributed by atoms with van der Waals surface area (Å²) in [7, 11) is 0. The SMILES string of the molecule is CC(=O)c1ccc(NC(=O)CN2C(=O)N[C@@](Cc3ccccc3)(c3ccccc3)C2=O)cc1. The number of amides is 4. The van der Waals surface area contributed by atoms with Crippen LogP contribution in [0, 0.1) is 0 Å². The summed E-state index contributed by atoms with van der Waals surface area (Å²) in [5.41, 5.74) is 1.22. The van der Waals surface area contributed by atoms with Crippen molar-refractivity contribution in [2.75, 3.05) is 11.9 Å². The van der Waals surface area contributed by atoms with Crippen LogP contribution in [0.15, 0.2) is 84.9 Å². The maximum Gasteiger partial charge on any atom is 0.325 e. The maximum absolute atomic E-state index is 13.6. The van der Waals surface area contributed by atoms with Gasteiger partial charge in [0.2, 0.25) is 5.91 Å². The highest BCUT2D eigenvalue weighted by Crippen LogP contribution is 2.33. The quantitative estimate of drug-likeness (QED) is 0.433. The third-order valence-electron chi connectivity index (χ3n) is 5.63. The summed E-state index contributed by atoms with van der Waals surface area (Å²) in [4.78, 5) is 51.4. The summed E-state index contributed by atoms with van der Waals surface area (Å²) < 4.78 is 0. The fraction of sp³-hybridized carbons (Fsp3) is 0.154. The second-order valence-corrected chi connectivity index (χ2v) is 7.94. The minimum Gasteiger partial charge on any atom is -0.325 e. The number of imide groups is 1. The monoisotopic (exact) mass is 441 g/mol. The molecule has 1 heterocycles. The average Bonchev–Trinajstić information content (AvgIpc) is 3.05. The molecule has 0 spiro atoms. The number of rotatable bonds is 7. The number of benzene rings is 3. The van der Waals surface area contributed by atoms with Gasteiger partial charge in [-0.15, -0.1) is 0 Å². The fourth-order valence-electron chi connectivity index (χ4n) is 3.94. The van der Waals surface area contributed by atoms with Gasteiger partial charge >= 0.3 is 6.03 Å². The van der Waals surface area contributed by atoms with E-state index in [0.29, 0.717) is 16.8 Å². The molecule has 3 aromatic carbocycles. The number of hydrogen-bond acceptors (Lipinski definition) is 4. The normalized spacial score (nSPS) is 17.5. The molecule has 0 aromatic heterocycles. The van der Waals surface area contributed by atoms with Gasteiger partial charge in [0.05, 0.1) is 0 Å². The van der Waals surface area contributed by atoms with Crippen LogP contribution in [0.2, 0.25) is 0 Å². The molecule has 7 heteroatoms. The van der Waals surface area contributed by atoms with E-state index in [9.17, 15) is 19.2 Å². The first kappa shape index (κ1) is 22.0. The molecule has 166 valence electrons. The van der Waals surface area contributed by atoms with Gasteiger partial charge in [-0.2, -0.15) is 0 Å². The molecule has 4 amide bonds. The molecular weight excluding hydrogens is 418 g/mol. The van der Waals surface area contributed by atoms with Crippen LogP contribution in [0.1, 0.15) is 28.4 Å². The third-order valence-corrected chi connectivity index (χ3v) is 5.63. The van der Waals surface area contributed by atoms with Gasteiger partial charge in [-0.1, -0.05) is 60.7 Å². The molecule has 1 aliphatic rings. The molecule has 0 aliphatic carbocycles. The van der Waals surface area contributed by atoms with Gasteiger partial charge in [0, 0.05) is 17.7 Å². The van der Waals surface area contributed by atoms with Gasteiger partial charge < -0.3 is 10.6 Å². The van der Waals surface area contributed by atoms with Crippen molar-refractivity contribution in [3.8, 4) is 0 Å². The Balaban J connectivity index is 1.56. The Kier molecular flexibility index (Phi) is 6.04. The van der Waals surface area contributed by atoms with Gasteiger partial charge in [-0.3, -0.25) is 19.3 Å². The lowest BCUT2D eigenvalue weighted by atomic mass is 9.83. The lowest BCUT2D eigenvalue weighted by Gasteiger charge is -2.27. The number of nitrogens with zero attached hydrogens (tertiary/aromatic N) is 1. The molecule has 0 unspecified atom stereocenters. The topological polar surface area (TPSA) is 95.6 Å². The van der Waals surface area contributed by atoms with Gasteiger partial charge in [0.1, 0.15) is 6.54 Å². The molecule has 7 nitrogen and oxygen atoms in total. The van der Waals surface area contributed by atoms with E-state index in [1.807, 2.05) is 48.5 Å². The van der Waals surface area contributed by atoms with Gasteiger partial charge in [0.15, 0.2) is 11.3 Å².